The van der Waals surface area contributed by atoms with Crippen LogP contribution in [0.5, 0.6) is 0 Å². The Morgan fingerprint density at radius 2 is 1.27 bits per heavy atom. The molecule has 0 fully saturated rings. The summed E-state index contributed by atoms with van der Waals surface area (Å²) in [5.74, 6) is -1.83. The molecule has 260 valence electrons. The zero-order chi connectivity index (χ0) is 35.1. The maximum atomic E-state index is 12.4. The third kappa shape index (κ3) is 18.4. The topological polar surface area (TPSA) is 138 Å². The summed E-state index contributed by atoms with van der Waals surface area (Å²) < 4.78 is 28.5. The van der Waals surface area contributed by atoms with Crippen LogP contribution in [0, 0.1) is 5.41 Å². The summed E-state index contributed by atoms with van der Waals surface area (Å²) in [4.78, 5) is 48.0. The predicted octanol–water partition coefficient (Wildman–Crippen LogP) is 4.69. The highest BCUT2D eigenvalue weighted by atomic mass is 32.1. The van der Waals surface area contributed by atoms with E-state index in [4.69, 9.17) is 23.7 Å². The van der Waals surface area contributed by atoms with Crippen molar-refractivity contribution in [2.75, 3.05) is 39.0 Å². The third-order valence-corrected chi connectivity index (χ3v) is 7.19. The van der Waals surface area contributed by atoms with Crippen molar-refractivity contribution >= 4 is 36.4 Å². The molecule has 2 unspecified atom stereocenters. The molecule has 0 aromatic heterocycles. The second-order valence-corrected chi connectivity index (χ2v) is 13.9. The molecular formula is C33H58N2O9S. The number of carbonyl (C=O) groups is 4. The zero-order valence-corrected chi connectivity index (χ0v) is 30.1. The molecule has 11 nitrogen and oxygen atoms in total. The lowest BCUT2D eigenvalue weighted by atomic mass is 9.70. The summed E-state index contributed by atoms with van der Waals surface area (Å²) >= 11 is 4.27. The number of hydrogen-bond donors (Lipinski definition) is 3. The summed E-state index contributed by atoms with van der Waals surface area (Å²) in [5.41, 5.74) is -1.81. The zero-order valence-electron chi connectivity index (χ0n) is 29.2. The molecule has 0 aliphatic heterocycles. The maximum Gasteiger partial charge on any atom is 0.333 e. The van der Waals surface area contributed by atoms with Gasteiger partial charge in [0, 0.05) is 11.1 Å². The molecule has 0 aromatic rings. The van der Waals surface area contributed by atoms with E-state index in [1.54, 1.807) is 0 Å². The molecule has 0 bridgehead atoms. The molecule has 0 aromatic carbocycles. The van der Waals surface area contributed by atoms with E-state index < -0.39 is 53.7 Å². The molecule has 2 N–H and O–H groups in total. The summed E-state index contributed by atoms with van der Waals surface area (Å²) in [6, 6.07) is -0.277. The van der Waals surface area contributed by atoms with Crippen LogP contribution >= 0.6 is 12.6 Å². The van der Waals surface area contributed by atoms with Gasteiger partial charge in [0.2, 0.25) is 0 Å². The lowest BCUT2D eigenvalue weighted by Crippen LogP contribution is -2.51. The van der Waals surface area contributed by atoms with Gasteiger partial charge >= 0.3 is 11.9 Å². The first kappa shape index (κ1) is 42.6. The Bertz CT molecular complexity index is 1030. The second kappa shape index (κ2) is 19.3. The van der Waals surface area contributed by atoms with Crippen LogP contribution in [0.3, 0.4) is 0 Å². The van der Waals surface area contributed by atoms with Gasteiger partial charge in [-0.3, -0.25) is 9.59 Å². The standard InChI is InChI=1S/C33H58N2O9S/c1-13-25(34-26(36)16-41-28(38)23(3)4)15-40-21-33(14-2,19-32(11,12)44-22-45)18-31(9,10)43-20-30(7,8)35-27(37)17-42-29(39)24(5)6/h25,45H,3,5,13-22H2,1-2,4,6-12H3,(H,34,36)(H,35,37). The maximum absolute atomic E-state index is 12.4. The van der Waals surface area contributed by atoms with Gasteiger partial charge in [-0.2, -0.15) is 12.6 Å². The number of nitrogens with one attached hydrogen (secondary N) is 2. The molecule has 0 saturated carbocycles. The minimum atomic E-state index is -0.741. The fourth-order valence-electron chi connectivity index (χ4n) is 4.88. The average Bonchev–Trinajstić information content (AvgIpc) is 2.92. The fourth-order valence-corrected chi connectivity index (χ4v) is 5.23. The van der Waals surface area contributed by atoms with E-state index in [0.29, 0.717) is 25.9 Å². The van der Waals surface area contributed by atoms with Gasteiger partial charge in [-0.15, -0.1) is 0 Å². The minimum absolute atomic E-state index is 0.206. The Labute approximate surface area is 276 Å². The van der Waals surface area contributed by atoms with Crippen molar-refractivity contribution in [3.63, 3.8) is 0 Å². The third-order valence-electron chi connectivity index (χ3n) is 7.06. The van der Waals surface area contributed by atoms with Crippen LogP contribution < -0.4 is 10.6 Å². The van der Waals surface area contributed by atoms with Gasteiger partial charge in [0.1, 0.15) is 0 Å². The minimum Gasteiger partial charge on any atom is -0.452 e. The Morgan fingerprint density at radius 1 is 0.778 bits per heavy atom. The van der Waals surface area contributed by atoms with Crippen LogP contribution in [0.4, 0.5) is 0 Å². The van der Waals surface area contributed by atoms with Crippen molar-refractivity contribution in [2.24, 2.45) is 5.41 Å². The van der Waals surface area contributed by atoms with Crippen molar-refractivity contribution in [1.82, 2.24) is 10.6 Å². The molecule has 0 aliphatic carbocycles. The number of hydrogen-bond acceptors (Lipinski definition) is 10. The van der Waals surface area contributed by atoms with E-state index in [2.05, 4.69) is 43.3 Å². The van der Waals surface area contributed by atoms with Crippen molar-refractivity contribution in [1.29, 1.82) is 0 Å². The highest BCUT2D eigenvalue weighted by Crippen LogP contribution is 2.42. The normalized spacial score (nSPS) is 14.1. The molecule has 0 rings (SSSR count). The van der Waals surface area contributed by atoms with Crippen molar-refractivity contribution in [3.8, 4) is 0 Å². The molecule has 0 radical (unpaired) electrons. The van der Waals surface area contributed by atoms with Crippen LogP contribution in [0.1, 0.15) is 94.9 Å². The predicted molar refractivity (Wildman–Crippen MR) is 178 cm³/mol. The molecule has 12 heteroatoms. The average molecular weight is 659 g/mol. The Hall–Kier alpha value is -2.41. The first-order valence-corrected chi connectivity index (χ1v) is 16.0. The SMILES string of the molecule is C=C(C)C(=O)OCC(=O)NC(CC)COCC(CC)(CC(C)(C)OCS)CC(C)(C)OCC(C)(C)NC(=O)COC(=O)C(=C)C. The highest BCUT2D eigenvalue weighted by Gasteiger charge is 2.41. The van der Waals surface area contributed by atoms with Crippen LogP contribution in [0.15, 0.2) is 24.3 Å². The number of rotatable bonds is 23. The molecule has 45 heavy (non-hydrogen) atoms. The van der Waals surface area contributed by atoms with Crippen LogP contribution in [0.25, 0.3) is 0 Å². The molecular weight excluding hydrogens is 600 g/mol. The Morgan fingerprint density at radius 3 is 1.71 bits per heavy atom. The molecule has 2 atom stereocenters. The number of thiol groups is 1. The van der Waals surface area contributed by atoms with Gasteiger partial charge in [0.15, 0.2) is 13.2 Å². The first-order chi connectivity index (χ1) is 20.6. The molecule has 0 saturated heterocycles. The molecule has 0 spiro atoms. The Kier molecular flexibility index (Phi) is 18.3. The van der Waals surface area contributed by atoms with Gasteiger partial charge in [-0.25, -0.2) is 9.59 Å². The largest absolute Gasteiger partial charge is 0.452 e. The number of esters is 2. The van der Waals surface area contributed by atoms with Gasteiger partial charge in [0.25, 0.3) is 11.8 Å². The van der Waals surface area contributed by atoms with Gasteiger partial charge < -0.3 is 34.3 Å². The van der Waals surface area contributed by atoms with Gasteiger partial charge in [-0.1, -0.05) is 27.0 Å². The number of amides is 2. The lowest BCUT2D eigenvalue weighted by Gasteiger charge is -2.44. The number of carbonyl (C=O) groups excluding carboxylic acids is 4. The quantitative estimate of drug-likeness (QED) is 0.0618. The van der Waals surface area contributed by atoms with E-state index >= 15 is 0 Å². The van der Waals surface area contributed by atoms with E-state index in [0.717, 1.165) is 6.42 Å². The fraction of sp³-hybridized carbons (Fsp3) is 0.758. The highest BCUT2D eigenvalue weighted by molar-refractivity contribution is 7.80. The van der Waals surface area contributed by atoms with E-state index in [1.807, 2.05) is 48.5 Å². The number of ether oxygens (including phenoxy) is 5. The summed E-state index contributed by atoms with van der Waals surface area (Å²) in [6.07, 6.45) is 2.64. The van der Waals surface area contributed by atoms with Crippen molar-refractivity contribution < 1.29 is 42.9 Å². The van der Waals surface area contributed by atoms with Gasteiger partial charge in [0.05, 0.1) is 48.5 Å². The summed E-state index contributed by atoms with van der Waals surface area (Å²) in [7, 11) is 0. The van der Waals surface area contributed by atoms with Crippen molar-refractivity contribution in [3.05, 3.63) is 24.3 Å². The molecule has 0 heterocycles. The Balaban J connectivity index is 5.53. The lowest BCUT2D eigenvalue weighted by molar-refractivity contribution is -0.146. The van der Waals surface area contributed by atoms with E-state index in [9.17, 15) is 19.2 Å². The van der Waals surface area contributed by atoms with Gasteiger partial charge in [-0.05, 0) is 86.5 Å². The molecule has 0 aliphatic rings. The summed E-state index contributed by atoms with van der Waals surface area (Å²) in [6.45, 7) is 25.8. The van der Waals surface area contributed by atoms with E-state index in [1.165, 1.54) is 13.8 Å². The van der Waals surface area contributed by atoms with Crippen molar-refractivity contribution in [2.45, 2.75) is 118 Å². The second-order valence-electron chi connectivity index (χ2n) is 13.6. The van der Waals surface area contributed by atoms with E-state index in [-0.39, 0.29) is 41.8 Å². The van der Waals surface area contributed by atoms with Crippen LogP contribution in [-0.4, -0.2) is 85.5 Å². The smallest absolute Gasteiger partial charge is 0.333 e. The monoisotopic (exact) mass is 658 g/mol. The van der Waals surface area contributed by atoms with Crippen LogP contribution in [-0.2, 0) is 42.9 Å². The first-order valence-electron chi connectivity index (χ1n) is 15.3. The summed E-state index contributed by atoms with van der Waals surface area (Å²) in [5, 5.41) is 5.71. The molecule has 2 amide bonds. The van der Waals surface area contributed by atoms with Crippen LogP contribution in [0.2, 0.25) is 0 Å².